The van der Waals surface area contributed by atoms with Gasteiger partial charge in [0.2, 0.25) is 5.91 Å². The normalized spacial score (nSPS) is 14.0. The second-order valence-electron chi connectivity index (χ2n) is 6.68. The Labute approximate surface area is 168 Å². The molecule has 0 saturated heterocycles. The second kappa shape index (κ2) is 7.53. The van der Waals surface area contributed by atoms with E-state index in [1.54, 1.807) is 23.5 Å². The third kappa shape index (κ3) is 4.12. The highest BCUT2D eigenvalue weighted by Crippen LogP contribution is 2.35. The molecular weight excluding hydrogens is 431 g/mol. The Morgan fingerprint density at radius 1 is 1.30 bits per heavy atom. The summed E-state index contributed by atoms with van der Waals surface area (Å²) in [6.45, 7) is 1.16. The Balaban J connectivity index is 1.55. The standard InChI is InChI=1S/C19H18BrFN4OS/c20-17-6-5-16(27-17)18-13(8-23-24-18)10-25(14-3-4-14)9-12-2-1-11(19(22)26)7-15(12)21/h1-2,5-8,14H,3-4,9-10H2,(H2,22,26)(H,23,24). The van der Waals surface area contributed by atoms with E-state index in [9.17, 15) is 9.18 Å². The number of benzene rings is 1. The summed E-state index contributed by atoms with van der Waals surface area (Å²) >= 11 is 5.14. The van der Waals surface area contributed by atoms with Crippen molar-refractivity contribution in [2.75, 3.05) is 0 Å². The van der Waals surface area contributed by atoms with Crippen LogP contribution in [0, 0.1) is 5.82 Å². The summed E-state index contributed by atoms with van der Waals surface area (Å²) in [7, 11) is 0. The Morgan fingerprint density at radius 2 is 2.07 bits per heavy atom. The number of primary amides is 1. The lowest BCUT2D eigenvalue weighted by Gasteiger charge is -2.22. The number of H-pyrrole nitrogens is 1. The van der Waals surface area contributed by atoms with Gasteiger partial charge in [-0.05, 0) is 53.0 Å². The molecule has 0 radical (unpaired) electrons. The van der Waals surface area contributed by atoms with Crippen molar-refractivity contribution in [2.24, 2.45) is 5.73 Å². The maximum absolute atomic E-state index is 14.4. The molecule has 2 aromatic heterocycles. The zero-order valence-corrected chi connectivity index (χ0v) is 16.8. The molecule has 0 aliphatic heterocycles. The van der Waals surface area contributed by atoms with Crippen LogP contribution in [-0.4, -0.2) is 27.0 Å². The fourth-order valence-corrected chi connectivity index (χ4v) is 4.53. The van der Waals surface area contributed by atoms with Gasteiger partial charge < -0.3 is 5.73 Å². The Morgan fingerprint density at radius 3 is 2.70 bits per heavy atom. The van der Waals surface area contributed by atoms with E-state index in [-0.39, 0.29) is 5.56 Å². The van der Waals surface area contributed by atoms with Crippen molar-refractivity contribution in [1.82, 2.24) is 15.1 Å². The maximum Gasteiger partial charge on any atom is 0.248 e. The lowest BCUT2D eigenvalue weighted by Crippen LogP contribution is -2.25. The highest BCUT2D eigenvalue weighted by molar-refractivity contribution is 9.11. The summed E-state index contributed by atoms with van der Waals surface area (Å²) < 4.78 is 15.5. The predicted molar refractivity (Wildman–Crippen MR) is 107 cm³/mol. The third-order valence-corrected chi connectivity index (χ3v) is 6.33. The molecule has 1 fully saturated rings. The average Bonchev–Trinajstić information content (AvgIpc) is 3.23. The number of aromatic nitrogens is 2. The van der Waals surface area contributed by atoms with Crippen LogP contribution in [0.1, 0.15) is 34.3 Å². The number of nitrogens with zero attached hydrogens (tertiary/aromatic N) is 2. The molecule has 4 rings (SSSR count). The van der Waals surface area contributed by atoms with Gasteiger partial charge in [0.15, 0.2) is 0 Å². The third-order valence-electron chi connectivity index (χ3n) is 4.69. The molecule has 1 aliphatic carbocycles. The van der Waals surface area contributed by atoms with E-state index < -0.39 is 11.7 Å². The van der Waals surface area contributed by atoms with E-state index in [0.29, 0.717) is 24.7 Å². The molecule has 0 atom stereocenters. The molecule has 3 N–H and O–H groups in total. The molecule has 1 saturated carbocycles. The van der Waals surface area contributed by atoms with Crippen LogP contribution < -0.4 is 5.73 Å². The van der Waals surface area contributed by atoms with Gasteiger partial charge >= 0.3 is 0 Å². The zero-order valence-electron chi connectivity index (χ0n) is 14.4. The van der Waals surface area contributed by atoms with Crippen molar-refractivity contribution in [3.8, 4) is 10.6 Å². The quantitative estimate of drug-likeness (QED) is 0.565. The smallest absolute Gasteiger partial charge is 0.248 e. The molecule has 1 amide bonds. The van der Waals surface area contributed by atoms with Crippen molar-refractivity contribution in [1.29, 1.82) is 0 Å². The minimum atomic E-state index is -0.621. The first-order valence-electron chi connectivity index (χ1n) is 8.61. The van der Waals surface area contributed by atoms with Gasteiger partial charge in [-0.25, -0.2) is 4.39 Å². The van der Waals surface area contributed by atoms with Crippen LogP contribution >= 0.6 is 27.3 Å². The summed E-state index contributed by atoms with van der Waals surface area (Å²) in [6.07, 6.45) is 4.06. The molecule has 5 nitrogen and oxygen atoms in total. The van der Waals surface area contributed by atoms with Crippen molar-refractivity contribution < 1.29 is 9.18 Å². The molecule has 0 unspecified atom stereocenters. The van der Waals surface area contributed by atoms with Crippen LogP contribution in [-0.2, 0) is 13.1 Å². The fraction of sp³-hybridized carbons (Fsp3) is 0.263. The van der Waals surface area contributed by atoms with Gasteiger partial charge in [-0.1, -0.05) is 6.07 Å². The monoisotopic (exact) mass is 448 g/mol. The number of carbonyl (C=O) groups excluding carboxylic acids is 1. The number of amides is 1. The molecule has 8 heteroatoms. The summed E-state index contributed by atoms with van der Waals surface area (Å²) in [5.41, 5.74) is 8.07. The highest BCUT2D eigenvalue weighted by Gasteiger charge is 2.30. The Kier molecular flexibility index (Phi) is 5.12. The summed E-state index contributed by atoms with van der Waals surface area (Å²) in [5.74, 6) is -1.02. The van der Waals surface area contributed by atoms with Crippen molar-refractivity contribution in [2.45, 2.75) is 32.0 Å². The van der Waals surface area contributed by atoms with Gasteiger partial charge in [0.25, 0.3) is 0 Å². The predicted octanol–water partition coefficient (Wildman–Crippen LogP) is 4.30. The fourth-order valence-electron chi connectivity index (χ4n) is 3.11. The topological polar surface area (TPSA) is 75.0 Å². The number of thiophene rings is 1. The van der Waals surface area contributed by atoms with Crippen molar-refractivity contribution in [3.63, 3.8) is 0 Å². The first-order valence-corrected chi connectivity index (χ1v) is 10.2. The number of aromatic amines is 1. The Hall–Kier alpha value is -2.03. The van der Waals surface area contributed by atoms with E-state index in [1.165, 1.54) is 6.07 Å². The minimum Gasteiger partial charge on any atom is -0.366 e. The number of hydrogen-bond acceptors (Lipinski definition) is 4. The highest BCUT2D eigenvalue weighted by atomic mass is 79.9. The molecular formula is C19H18BrFN4OS. The van der Waals surface area contributed by atoms with Crippen molar-refractivity contribution >= 4 is 33.2 Å². The molecule has 1 aromatic carbocycles. The second-order valence-corrected chi connectivity index (χ2v) is 9.14. The number of nitrogens with one attached hydrogen (secondary N) is 1. The Bertz CT molecular complexity index is 982. The van der Waals surface area contributed by atoms with Crippen LogP contribution in [0.5, 0.6) is 0 Å². The summed E-state index contributed by atoms with van der Waals surface area (Å²) in [6, 6.07) is 8.96. The van der Waals surface area contributed by atoms with Gasteiger partial charge in [-0.15, -0.1) is 11.3 Å². The van der Waals surface area contributed by atoms with Crippen LogP contribution in [0.25, 0.3) is 10.6 Å². The van der Waals surface area contributed by atoms with Crippen LogP contribution in [0.3, 0.4) is 0 Å². The number of nitrogens with two attached hydrogens (primary N) is 1. The van der Waals surface area contributed by atoms with Gasteiger partial charge in [0.1, 0.15) is 5.82 Å². The van der Waals surface area contributed by atoms with Crippen molar-refractivity contribution in [3.05, 3.63) is 62.8 Å². The largest absolute Gasteiger partial charge is 0.366 e. The molecule has 140 valence electrons. The first kappa shape index (κ1) is 18.3. The zero-order chi connectivity index (χ0) is 19.0. The van der Waals surface area contributed by atoms with Crippen LogP contribution in [0.15, 0.2) is 40.3 Å². The molecule has 1 aliphatic rings. The van der Waals surface area contributed by atoms with E-state index in [4.69, 9.17) is 5.73 Å². The van der Waals surface area contributed by atoms with E-state index >= 15 is 0 Å². The first-order chi connectivity index (χ1) is 13.0. The van der Waals surface area contributed by atoms with Gasteiger partial charge in [0, 0.05) is 35.8 Å². The average molecular weight is 449 g/mol. The van der Waals surface area contributed by atoms with Crippen LogP contribution in [0.2, 0.25) is 0 Å². The maximum atomic E-state index is 14.4. The molecule has 3 aromatic rings. The van der Waals surface area contributed by atoms with E-state index in [1.807, 2.05) is 12.3 Å². The summed E-state index contributed by atoms with van der Waals surface area (Å²) in [4.78, 5) is 14.6. The number of carbonyl (C=O) groups is 1. The number of rotatable bonds is 7. The van der Waals surface area contributed by atoms with Gasteiger partial charge in [-0.3, -0.25) is 14.8 Å². The van der Waals surface area contributed by atoms with E-state index in [0.717, 1.165) is 32.8 Å². The van der Waals surface area contributed by atoms with E-state index in [2.05, 4.69) is 37.1 Å². The SMILES string of the molecule is NC(=O)c1ccc(CN(Cc2cn[nH]c2-c2ccc(Br)s2)C2CC2)c(F)c1. The van der Waals surface area contributed by atoms with Gasteiger partial charge in [-0.2, -0.15) is 5.10 Å². The molecule has 2 heterocycles. The molecule has 27 heavy (non-hydrogen) atoms. The number of halogens is 2. The lowest BCUT2D eigenvalue weighted by atomic mass is 10.1. The van der Waals surface area contributed by atoms with Crippen LogP contribution in [0.4, 0.5) is 4.39 Å². The molecule has 0 spiro atoms. The minimum absolute atomic E-state index is 0.189. The molecule has 0 bridgehead atoms. The lowest BCUT2D eigenvalue weighted by molar-refractivity contribution is 0.1000. The summed E-state index contributed by atoms with van der Waals surface area (Å²) in [5, 5.41) is 7.29. The number of hydrogen-bond donors (Lipinski definition) is 2. The van der Waals surface area contributed by atoms with Gasteiger partial charge in [0.05, 0.1) is 20.6 Å².